The Morgan fingerprint density at radius 1 is 1.09 bits per heavy atom. The Hall–Kier alpha value is -1.94. The molecule has 0 saturated heterocycles. The topological polar surface area (TPSA) is 75.4 Å². The maximum absolute atomic E-state index is 13.2. The summed E-state index contributed by atoms with van der Waals surface area (Å²) in [6.07, 6.45) is 0.893. The fraction of sp³-hybridized carbons (Fsp3) is 0.522. The molecule has 32 heavy (non-hydrogen) atoms. The molecule has 7 nitrogen and oxygen atoms in total. The number of ether oxygens (including phenoxy) is 2. The van der Waals surface area contributed by atoms with Crippen LogP contribution < -0.4 is 5.56 Å². The van der Waals surface area contributed by atoms with Gasteiger partial charge in [0, 0.05) is 49.2 Å². The standard InChI is InChI=1S/C23H31N3O4S2/c1-14-12-18(16(3)25(14)8-7-10-29-5)19(27)13-31-23-24-21-20(15(2)17(4)32-21)22(28)26(23)9-11-30-6/h12H,7-11,13H2,1-6H3. The number of hydrogen-bond donors (Lipinski definition) is 0. The van der Waals surface area contributed by atoms with E-state index in [-0.39, 0.29) is 17.1 Å². The Morgan fingerprint density at radius 3 is 2.50 bits per heavy atom. The average molecular weight is 478 g/mol. The quantitative estimate of drug-likeness (QED) is 0.179. The number of rotatable bonds is 11. The lowest BCUT2D eigenvalue weighted by Gasteiger charge is -2.12. The number of methoxy groups -OCH3 is 2. The summed E-state index contributed by atoms with van der Waals surface area (Å²) in [6.45, 7) is 10.3. The Kier molecular flexibility index (Phi) is 8.32. The lowest BCUT2D eigenvalue weighted by atomic mass is 10.2. The summed E-state index contributed by atoms with van der Waals surface area (Å²) in [5.41, 5.74) is 3.66. The number of aryl methyl sites for hydroxylation is 3. The Morgan fingerprint density at radius 2 is 1.81 bits per heavy atom. The second kappa shape index (κ2) is 10.8. The molecule has 0 radical (unpaired) electrons. The van der Waals surface area contributed by atoms with Crippen LogP contribution in [0.5, 0.6) is 0 Å². The molecule has 9 heteroatoms. The number of thiophene rings is 1. The van der Waals surface area contributed by atoms with E-state index in [1.807, 2.05) is 33.8 Å². The maximum atomic E-state index is 13.2. The molecule has 3 rings (SSSR count). The van der Waals surface area contributed by atoms with Crippen molar-refractivity contribution in [2.75, 3.05) is 33.2 Å². The summed E-state index contributed by atoms with van der Waals surface area (Å²) < 4.78 is 14.1. The van der Waals surface area contributed by atoms with Crippen molar-refractivity contribution in [1.82, 2.24) is 14.1 Å². The number of nitrogens with zero attached hydrogens (tertiary/aromatic N) is 3. The van der Waals surface area contributed by atoms with Crippen LogP contribution in [-0.4, -0.2) is 53.1 Å². The van der Waals surface area contributed by atoms with Gasteiger partial charge in [-0.15, -0.1) is 11.3 Å². The number of carbonyl (C=O) groups is 1. The fourth-order valence-corrected chi connectivity index (χ4v) is 5.78. The predicted octanol–water partition coefficient (Wildman–Crippen LogP) is 4.15. The Labute approximate surface area is 196 Å². The molecular formula is C23H31N3O4S2. The summed E-state index contributed by atoms with van der Waals surface area (Å²) in [6, 6.07) is 1.95. The first-order valence-corrected chi connectivity index (χ1v) is 12.4. The Balaban J connectivity index is 1.86. The Bertz CT molecular complexity index is 1180. The highest BCUT2D eigenvalue weighted by Crippen LogP contribution is 2.29. The van der Waals surface area contributed by atoms with Gasteiger partial charge in [-0.05, 0) is 45.7 Å². The summed E-state index contributed by atoms with van der Waals surface area (Å²) >= 11 is 2.83. The highest BCUT2D eigenvalue weighted by atomic mass is 32.2. The van der Waals surface area contributed by atoms with Crippen molar-refractivity contribution in [3.05, 3.63) is 43.8 Å². The van der Waals surface area contributed by atoms with Crippen molar-refractivity contribution in [3.63, 3.8) is 0 Å². The largest absolute Gasteiger partial charge is 0.385 e. The van der Waals surface area contributed by atoms with Crippen molar-refractivity contribution in [3.8, 4) is 0 Å². The van der Waals surface area contributed by atoms with Gasteiger partial charge in [-0.25, -0.2) is 4.98 Å². The average Bonchev–Trinajstić information content (AvgIpc) is 3.21. The van der Waals surface area contributed by atoms with E-state index in [2.05, 4.69) is 4.57 Å². The van der Waals surface area contributed by atoms with Crippen molar-refractivity contribution in [2.24, 2.45) is 0 Å². The molecule has 3 aromatic rings. The number of Topliss-reactive ketones (excluding diaryl/α,β-unsaturated/α-hetero) is 1. The van der Waals surface area contributed by atoms with Gasteiger partial charge in [0.25, 0.3) is 5.56 Å². The van der Waals surface area contributed by atoms with Crippen LogP contribution in [0.15, 0.2) is 16.0 Å². The molecule has 0 bridgehead atoms. The minimum absolute atomic E-state index is 0.0345. The van der Waals surface area contributed by atoms with Gasteiger partial charge in [0.15, 0.2) is 10.9 Å². The number of hydrogen-bond acceptors (Lipinski definition) is 7. The predicted molar refractivity (Wildman–Crippen MR) is 131 cm³/mol. The summed E-state index contributed by atoms with van der Waals surface area (Å²) in [7, 11) is 3.30. The van der Waals surface area contributed by atoms with Crippen LogP contribution in [0.3, 0.4) is 0 Å². The fourth-order valence-electron chi connectivity index (χ4n) is 3.80. The monoisotopic (exact) mass is 477 g/mol. The zero-order valence-electron chi connectivity index (χ0n) is 19.6. The molecule has 0 fully saturated rings. The lowest BCUT2D eigenvalue weighted by molar-refractivity contribution is 0.102. The van der Waals surface area contributed by atoms with Crippen LogP contribution in [0.2, 0.25) is 0 Å². The molecule has 3 heterocycles. The van der Waals surface area contributed by atoms with Gasteiger partial charge in [-0.2, -0.15) is 0 Å². The van der Waals surface area contributed by atoms with Crippen molar-refractivity contribution < 1.29 is 14.3 Å². The third-order valence-electron chi connectivity index (χ3n) is 5.71. The van der Waals surface area contributed by atoms with Crippen LogP contribution in [0, 0.1) is 27.7 Å². The van der Waals surface area contributed by atoms with Gasteiger partial charge < -0.3 is 14.0 Å². The molecule has 0 aromatic carbocycles. The van der Waals surface area contributed by atoms with E-state index in [1.165, 1.54) is 23.1 Å². The van der Waals surface area contributed by atoms with E-state index in [9.17, 15) is 9.59 Å². The van der Waals surface area contributed by atoms with Crippen molar-refractivity contribution >= 4 is 39.1 Å². The molecule has 0 N–H and O–H groups in total. The van der Waals surface area contributed by atoms with Crippen LogP contribution in [0.1, 0.15) is 38.6 Å². The second-order valence-corrected chi connectivity index (χ2v) is 9.95. The van der Waals surface area contributed by atoms with E-state index >= 15 is 0 Å². The third-order valence-corrected chi connectivity index (χ3v) is 7.79. The summed E-state index contributed by atoms with van der Waals surface area (Å²) in [5, 5.41) is 1.22. The first-order chi connectivity index (χ1) is 15.3. The van der Waals surface area contributed by atoms with Crippen LogP contribution in [0.4, 0.5) is 0 Å². The molecule has 0 unspecified atom stereocenters. The van der Waals surface area contributed by atoms with Gasteiger partial charge in [-0.3, -0.25) is 14.2 Å². The molecule has 3 aromatic heterocycles. The molecule has 174 valence electrons. The highest BCUT2D eigenvalue weighted by Gasteiger charge is 2.20. The molecule has 0 aliphatic rings. The SMILES string of the molecule is COCCCn1c(C)cc(C(=O)CSc2nc3sc(C)c(C)c3c(=O)n2CCOC)c1C. The number of aromatic nitrogens is 3. The number of fused-ring (bicyclic) bond motifs is 1. The van der Waals surface area contributed by atoms with E-state index in [4.69, 9.17) is 14.5 Å². The maximum Gasteiger partial charge on any atom is 0.263 e. The van der Waals surface area contributed by atoms with Gasteiger partial charge in [0.2, 0.25) is 0 Å². The van der Waals surface area contributed by atoms with E-state index in [0.717, 1.165) is 45.2 Å². The van der Waals surface area contributed by atoms with Gasteiger partial charge in [-0.1, -0.05) is 11.8 Å². The molecule has 0 amide bonds. The third kappa shape index (κ3) is 5.01. The van der Waals surface area contributed by atoms with Crippen LogP contribution >= 0.6 is 23.1 Å². The van der Waals surface area contributed by atoms with E-state index < -0.39 is 0 Å². The minimum Gasteiger partial charge on any atom is -0.385 e. The van der Waals surface area contributed by atoms with Gasteiger partial charge in [0.1, 0.15) is 4.83 Å². The molecule has 0 aliphatic carbocycles. The molecule has 0 saturated carbocycles. The lowest BCUT2D eigenvalue weighted by Crippen LogP contribution is -2.25. The summed E-state index contributed by atoms with van der Waals surface area (Å²) in [5.74, 6) is 0.253. The first-order valence-electron chi connectivity index (χ1n) is 10.6. The zero-order chi connectivity index (χ0) is 23.4. The van der Waals surface area contributed by atoms with Crippen LogP contribution in [0.25, 0.3) is 10.2 Å². The summed E-state index contributed by atoms with van der Waals surface area (Å²) in [4.78, 5) is 32.8. The van der Waals surface area contributed by atoms with E-state index in [1.54, 1.807) is 18.8 Å². The minimum atomic E-state index is -0.0693. The van der Waals surface area contributed by atoms with Crippen molar-refractivity contribution in [2.45, 2.75) is 52.4 Å². The van der Waals surface area contributed by atoms with Gasteiger partial charge in [0.05, 0.1) is 24.3 Å². The highest BCUT2D eigenvalue weighted by molar-refractivity contribution is 7.99. The molecule has 0 spiro atoms. The number of thioether (sulfide) groups is 1. The number of ketones is 1. The number of carbonyl (C=O) groups excluding carboxylic acids is 1. The molecule has 0 atom stereocenters. The molecular weight excluding hydrogens is 446 g/mol. The normalized spacial score (nSPS) is 11.6. The van der Waals surface area contributed by atoms with Crippen LogP contribution in [-0.2, 0) is 22.6 Å². The second-order valence-electron chi connectivity index (χ2n) is 7.80. The molecule has 0 aliphatic heterocycles. The zero-order valence-corrected chi connectivity index (χ0v) is 21.2. The van der Waals surface area contributed by atoms with Gasteiger partial charge >= 0.3 is 0 Å². The smallest absolute Gasteiger partial charge is 0.263 e. The van der Waals surface area contributed by atoms with E-state index in [0.29, 0.717) is 30.3 Å². The van der Waals surface area contributed by atoms with Crippen molar-refractivity contribution in [1.29, 1.82) is 0 Å². The first kappa shape index (κ1) is 24.7.